The zero-order chi connectivity index (χ0) is 15.1. The van der Waals surface area contributed by atoms with Gasteiger partial charge in [0.05, 0.1) is 12.5 Å². The minimum absolute atomic E-state index is 0.390. The predicted molar refractivity (Wildman–Crippen MR) is 81.2 cm³/mol. The highest BCUT2D eigenvalue weighted by atomic mass is 35.5. The molecule has 0 spiro atoms. The first kappa shape index (κ1) is 12.8. The molecule has 0 aliphatic rings. The van der Waals surface area contributed by atoms with Gasteiger partial charge in [-0.2, -0.15) is 9.61 Å². The monoisotopic (exact) mass is 312 g/mol. The largest absolute Gasteiger partial charge is 0.364 e. The lowest BCUT2D eigenvalue weighted by molar-refractivity contribution is 0.871. The quantitative estimate of drug-likeness (QED) is 0.613. The van der Waals surface area contributed by atoms with Crippen LogP contribution < -0.4 is 5.69 Å². The summed E-state index contributed by atoms with van der Waals surface area (Å²) < 4.78 is 3.01. The van der Waals surface area contributed by atoms with Crippen LogP contribution in [0.5, 0.6) is 0 Å². The molecule has 0 saturated carbocycles. The summed E-state index contributed by atoms with van der Waals surface area (Å²) in [5.74, 6) is 0. The predicted octanol–water partition coefficient (Wildman–Crippen LogP) is 1.92. The smallest absolute Gasteiger partial charge is 0.302 e. The van der Waals surface area contributed by atoms with E-state index in [2.05, 4.69) is 20.3 Å². The fourth-order valence-corrected chi connectivity index (χ4v) is 2.46. The molecule has 0 aliphatic heterocycles. The van der Waals surface area contributed by atoms with E-state index in [9.17, 15) is 4.79 Å². The Hall–Kier alpha value is -2.93. The van der Waals surface area contributed by atoms with Gasteiger partial charge in [0.1, 0.15) is 5.69 Å². The van der Waals surface area contributed by atoms with Crippen LogP contribution in [0.4, 0.5) is 0 Å². The van der Waals surface area contributed by atoms with Crippen molar-refractivity contribution in [2.75, 3.05) is 0 Å². The molecule has 0 amide bonds. The summed E-state index contributed by atoms with van der Waals surface area (Å²) >= 11 is 5.94. The molecule has 0 saturated heterocycles. The molecule has 0 unspecified atom stereocenters. The molecule has 0 atom stereocenters. The van der Waals surface area contributed by atoms with Crippen LogP contribution in [-0.4, -0.2) is 29.4 Å². The maximum Gasteiger partial charge on any atom is 0.364 e. The highest BCUT2D eigenvalue weighted by Gasteiger charge is 2.15. The normalized spacial score (nSPS) is 11.1. The molecular formula is C14H9ClN6O. The Balaban J connectivity index is 2.08. The van der Waals surface area contributed by atoms with Gasteiger partial charge in [-0.1, -0.05) is 23.7 Å². The number of halogens is 1. The highest BCUT2D eigenvalue weighted by molar-refractivity contribution is 6.30. The Labute approximate surface area is 128 Å². The summed E-state index contributed by atoms with van der Waals surface area (Å²) in [6.07, 6.45) is 6.72. The van der Waals surface area contributed by atoms with E-state index in [-0.39, 0.29) is 5.69 Å². The van der Waals surface area contributed by atoms with Crippen molar-refractivity contribution in [1.29, 1.82) is 0 Å². The van der Waals surface area contributed by atoms with Gasteiger partial charge >= 0.3 is 5.69 Å². The summed E-state index contributed by atoms with van der Waals surface area (Å²) in [4.78, 5) is 15.8. The Morgan fingerprint density at radius 2 is 2.00 bits per heavy atom. The number of fused-ring (bicyclic) bond motifs is 1. The molecule has 0 aliphatic carbocycles. The zero-order valence-electron chi connectivity index (χ0n) is 11.1. The molecule has 8 heteroatoms. The van der Waals surface area contributed by atoms with E-state index < -0.39 is 0 Å². The summed E-state index contributed by atoms with van der Waals surface area (Å²) in [7, 11) is 0. The van der Waals surface area contributed by atoms with E-state index in [0.717, 1.165) is 11.1 Å². The maximum absolute atomic E-state index is 11.7. The van der Waals surface area contributed by atoms with Gasteiger partial charge in [-0.15, -0.1) is 5.10 Å². The van der Waals surface area contributed by atoms with Gasteiger partial charge in [0.2, 0.25) is 5.65 Å². The lowest BCUT2D eigenvalue weighted by atomic mass is 10.1. The fourth-order valence-electron chi connectivity index (χ4n) is 2.34. The molecule has 7 nitrogen and oxygen atoms in total. The Bertz CT molecular complexity index is 1000. The van der Waals surface area contributed by atoms with E-state index in [4.69, 9.17) is 11.6 Å². The summed E-state index contributed by atoms with van der Waals surface area (Å²) in [6, 6.07) is 7.38. The third kappa shape index (κ3) is 1.91. The number of aromatic amines is 1. The van der Waals surface area contributed by atoms with Crippen molar-refractivity contribution in [2.24, 2.45) is 0 Å². The topological polar surface area (TPSA) is 80.9 Å². The average Bonchev–Trinajstić information content (AvgIpc) is 3.18. The van der Waals surface area contributed by atoms with Crippen LogP contribution >= 0.6 is 11.6 Å². The van der Waals surface area contributed by atoms with Crippen molar-refractivity contribution in [3.63, 3.8) is 0 Å². The highest BCUT2D eigenvalue weighted by Crippen LogP contribution is 2.28. The van der Waals surface area contributed by atoms with Gasteiger partial charge in [-0.3, -0.25) is 0 Å². The molecular weight excluding hydrogens is 304 g/mol. The van der Waals surface area contributed by atoms with Crippen molar-refractivity contribution < 1.29 is 0 Å². The molecule has 0 radical (unpaired) electrons. The number of imidazole rings is 1. The number of aromatic nitrogens is 6. The molecule has 22 heavy (non-hydrogen) atoms. The SMILES string of the molecule is O=c1[nH]nc2c(-n3ccnc3)c(-c3ccc(Cl)cc3)cnn12. The first-order valence-corrected chi connectivity index (χ1v) is 6.82. The molecule has 3 heterocycles. The maximum atomic E-state index is 11.7. The number of hydrogen-bond acceptors (Lipinski definition) is 4. The van der Waals surface area contributed by atoms with E-state index in [1.54, 1.807) is 41.6 Å². The van der Waals surface area contributed by atoms with Gasteiger partial charge in [-0.05, 0) is 17.7 Å². The summed E-state index contributed by atoms with van der Waals surface area (Å²) in [5, 5.41) is 11.3. The Kier molecular flexibility index (Phi) is 2.80. The number of benzene rings is 1. The van der Waals surface area contributed by atoms with Crippen LogP contribution in [0.15, 0.2) is 54.0 Å². The van der Waals surface area contributed by atoms with Crippen molar-refractivity contribution in [3.8, 4) is 16.8 Å². The van der Waals surface area contributed by atoms with Gasteiger partial charge < -0.3 is 4.57 Å². The van der Waals surface area contributed by atoms with Crippen LogP contribution in [0.3, 0.4) is 0 Å². The van der Waals surface area contributed by atoms with Crippen LogP contribution in [0, 0.1) is 0 Å². The van der Waals surface area contributed by atoms with Crippen LogP contribution in [-0.2, 0) is 0 Å². The van der Waals surface area contributed by atoms with E-state index in [1.807, 2.05) is 12.1 Å². The average molecular weight is 313 g/mol. The third-order valence-electron chi connectivity index (χ3n) is 3.34. The molecule has 1 aromatic carbocycles. The minimum Gasteiger partial charge on any atom is -0.302 e. The molecule has 108 valence electrons. The number of nitrogens with zero attached hydrogens (tertiary/aromatic N) is 5. The fraction of sp³-hybridized carbons (Fsp3) is 0. The van der Waals surface area contributed by atoms with E-state index in [1.165, 1.54) is 4.52 Å². The molecule has 4 aromatic rings. The second-order valence-electron chi connectivity index (χ2n) is 4.65. The number of hydrogen-bond donors (Lipinski definition) is 1. The minimum atomic E-state index is -0.390. The van der Waals surface area contributed by atoms with Gasteiger partial charge in [0, 0.05) is 23.0 Å². The zero-order valence-corrected chi connectivity index (χ0v) is 11.9. The van der Waals surface area contributed by atoms with E-state index in [0.29, 0.717) is 16.4 Å². The summed E-state index contributed by atoms with van der Waals surface area (Å²) in [5.41, 5.74) is 2.49. The lowest BCUT2D eigenvalue weighted by Gasteiger charge is -2.10. The van der Waals surface area contributed by atoms with Crippen LogP contribution in [0.2, 0.25) is 5.02 Å². The molecule has 0 fully saturated rings. The van der Waals surface area contributed by atoms with Crippen molar-refractivity contribution >= 4 is 17.2 Å². The Morgan fingerprint density at radius 3 is 2.73 bits per heavy atom. The second-order valence-corrected chi connectivity index (χ2v) is 5.08. The standard InChI is InChI=1S/C14H9ClN6O/c15-10-3-1-9(2-4-10)11-7-17-21-13(18-19-14(21)22)12(11)20-6-5-16-8-20/h1-8H,(H,19,22). The van der Waals surface area contributed by atoms with E-state index >= 15 is 0 Å². The Morgan fingerprint density at radius 1 is 1.18 bits per heavy atom. The second kappa shape index (κ2) is 4.81. The first-order chi connectivity index (χ1) is 10.7. The molecule has 4 rings (SSSR count). The molecule has 0 bridgehead atoms. The number of nitrogens with one attached hydrogen (secondary N) is 1. The number of rotatable bonds is 2. The molecule has 1 N–H and O–H groups in total. The number of H-pyrrole nitrogens is 1. The van der Waals surface area contributed by atoms with Gasteiger partial charge in [0.15, 0.2) is 0 Å². The van der Waals surface area contributed by atoms with Crippen LogP contribution in [0.1, 0.15) is 0 Å². The lowest BCUT2D eigenvalue weighted by Crippen LogP contribution is -2.13. The van der Waals surface area contributed by atoms with Crippen molar-refractivity contribution in [3.05, 3.63) is 64.7 Å². The van der Waals surface area contributed by atoms with Gasteiger partial charge in [0.25, 0.3) is 0 Å². The molecule has 3 aromatic heterocycles. The van der Waals surface area contributed by atoms with Crippen LogP contribution in [0.25, 0.3) is 22.5 Å². The third-order valence-corrected chi connectivity index (χ3v) is 3.59. The van der Waals surface area contributed by atoms with Crippen molar-refractivity contribution in [2.45, 2.75) is 0 Å². The van der Waals surface area contributed by atoms with Crippen molar-refractivity contribution in [1.82, 2.24) is 29.4 Å². The summed E-state index contributed by atoms with van der Waals surface area (Å²) in [6.45, 7) is 0. The van der Waals surface area contributed by atoms with Gasteiger partial charge in [-0.25, -0.2) is 14.9 Å². The first-order valence-electron chi connectivity index (χ1n) is 6.45.